The third-order valence-electron chi connectivity index (χ3n) is 1.53. The summed E-state index contributed by atoms with van der Waals surface area (Å²) in [5.74, 6) is 0. The lowest BCUT2D eigenvalue weighted by molar-refractivity contribution is 1.31. The Bertz CT molecular complexity index is 316. The Hall–Kier alpha value is -1.08. The van der Waals surface area contributed by atoms with Crippen molar-refractivity contribution in [1.82, 2.24) is 4.98 Å². The molecule has 0 saturated carbocycles. The third-order valence-corrected chi connectivity index (χ3v) is 1.83. The average molecular weight is 180 g/mol. The Morgan fingerprint density at radius 3 is 2.92 bits per heavy atom. The van der Waals surface area contributed by atoms with Crippen LogP contribution in [0.3, 0.4) is 0 Å². The molecular weight excluding hydrogens is 170 g/mol. The van der Waals surface area contributed by atoms with Gasteiger partial charge < -0.3 is 0 Å². The van der Waals surface area contributed by atoms with Crippen LogP contribution in [0.1, 0.15) is 18.1 Å². The van der Waals surface area contributed by atoms with Crippen molar-refractivity contribution in [3.63, 3.8) is 0 Å². The molecule has 0 aliphatic rings. The fourth-order valence-electron chi connectivity index (χ4n) is 0.971. The van der Waals surface area contributed by atoms with Gasteiger partial charge in [-0.25, -0.2) is 4.98 Å². The first-order valence-corrected chi connectivity index (χ1v) is 4.07. The van der Waals surface area contributed by atoms with Crippen molar-refractivity contribution >= 4 is 23.8 Å². The normalized spacial score (nSPS) is 10.5. The first kappa shape index (κ1) is 9.01. The fraction of sp³-hybridized carbons (Fsp3) is 0.100. The molecule has 0 N–H and O–H groups in total. The van der Waals surface area contributed by atoms with Crippen LogP contribution in [0.5, 0.6) is 0 Å². The van der Waals surface area contributed by atoms with Crippen LogP contribution >= 0.6 is 11.6 Å². The van der Waals surface area contributed by atoms with Crippen LogP contribution in [0.15, 0.2) is 24.9 Å². The van der Waals surface area contributed by atoms with E-state index in [9.17, 15) is 0 Å². The monoisotopic (exact) mass is 179 g/mol. The number of rotatable bonds is 2. The molecule has 0 spiro atoms. The van der Waals surface area contributed by atoms with E-state index < -0.39 is 0 Å². The van der Waals surface area contributed by atoms with Crippen LogP contribution in [0.25, 0.3) is 12.2 Å². The number of halogens is 1. The molecule has 0 aliphatic heterocycles. The molecule has 0 atom stereocenters. The van der Waals surface area contributed by atoms with E-state index in [2.05, 4.69) is 11.6 Å². The molecule has 62 valence electrons. The Balaban J connectivity index is 3.28. The van der Waals surface area contributed by atoms with Gasteiger partial charge in [0.05, 0.1) is 0 Å². The van der Waals surface area contributed by atoms with E-state index in [0.717, 1.165) is 11.1 Å². The van der Waals surface area contributed by atoms with Crippen LogP contribution in [0.2, 0.25) is 5.15 Å². The quantitative estimate of drug-likeness (QED) is 0.634. The molecule has 0 bridgehead atoms. The van der Waals surface area contributed by atoms with Gasteiger partial charge in [0.1, 0.15) is 5.15 Å². The van der Waals surface area contributed by atoms with Crippen molar-refractivity contribution in [2.24, 2.45) is 0 Å². The highest BCUT2D eigenvalue weighted by atomic mass is 35.5. The van der Waals surface area contributed by atoms with Gasteiger partial charge in [-0.2, -0.15) is 0 Å². The molecule has 0 radical (unpaired) electrons. The van der Waals surface area contributed by atoms with Crippen LogP contribution in [0.4, 0.5) is 0 Å². The lowest BCUT2D eigenvalue weighted by Gasteiger charge is -2.00. The van der Waals surface area contributed by atoms with Gasteiger partial charge in [0.25, 0.3) is 0 Å². The van der Waals surface area contributed by atoms with Crippen molar-refractivity contribution in [3.8, 4) is 0 Å². The predicted molar refractivity (Wildman–Crippen MR) is 54.0 cm³/mol. The summed E-state index contributed by atoms with van der Waals surface area (Å²) < 4.78 is 0. The summed E-state index contributed by atoms with van der Waals surface area (Å²) in [5, 5.41) is 0.519. The molecule has 0 aliphatic carbocycles. The Morgan fingerprint density at radius 2 is 2.33 bits per heavy atom. The zero-order chi connectivity index (χ0) is 8.97. The Kier molecular flexibility index (Phi) is 3.06. The second-order valence-electron chi connectivity index (χ2n) is 2.31. The lowest BCUT2D eigenvalue weighted by Crippen LogP contribution is -1.84. The van der Waals surface area contributed by atoms with Gasteiger partial charge in [0.15, 0.2) is 0 Å². The molecule has 1 nitrogen and oxygen atoms in total. The third kappa shape index (κ3) is 1.74. The van der Waals surface area contributed by atoms with Gasteiger partial charge in [-0.1, -0.05) is 36.4 Å². The highest BCUT2D eigenvalue weighted by Crippen LogP contribution is 2.19. The van der Waals surface area contributed by atoms with Crippen molar-refractivity contribution in [1.29, 1.82) is 0 Å². The molecule has 1 aromatic heterocycles. The van der Waals surface area contributed by atoms with Crippen LogP contribution < -0.4 is 0 Å². The molecular formula is C10H10ClN. The molecule has 2 heteroatoms. The SMILES string of the molecule is C=Cc1ccnc(Cl)c1/C=C\C. The summed E-state index contributed by atoms with van der Waals surface area (Å²) in [6.45, 7) is 5.64. The standard InChI is InChI=1S/C10H10ClN/c1-3-5-9-8(4-2)6-7-12-10(9)11/h3-7H,2H2,1H3/b5-3-. The molecule has 0 saturated heterocycles. The second kappa shape index (κ2) is 4.07. The van der Waals surface area contributed by atoms with Crippen LogP contribution in [-0.4, -0.2) is 4.98 Å². The zero-order valence-corrected chi connectivity index (χ0v) is 7.67. The minimum absolute atomic E-state index is 0.519. The van der Waals surface area contributed by atoms with Gasteiger partial charge in [-0.15, -0.1) is 0 Å². The maximum Gasteiger partial charge on any atom is 0.136 e. The molecule has 0 unspecified atom stereocenters. The van der Waals surface area contributed by atoms with Gasteiger partial charge >= 0.3 is 0 Å². The van der Waals surface area contributed by atoms with Crippen molar-refractivity contribution in [3.05, 3.63) is 41.2 Å². The lowest BCUT2D eigenvalue weighted by atomic mass is 10.1. The van der Waals surface area contributed by atoms with E-state index in [1.807, 2.05) is 25.1 Å². The average Bonchev–Trinajstić information content (AvgIpc) is 2.09. The van der Waals surface area contributed by atoms with E-state index in [-0.39, 0.29) is 0 Å². The smallest absolute Gasteiger partial charge is 0.136 e. The number of nitrogens with zero attached hydrogens (tertiary/aromatic N) is 1. The van der Waals surface area contributed by atoms with E-state index in [1.54, 1.807) is 12.3 Å². The van der Waals surface area contributed by atoms with Gasteiger partial charge in [0, 0.05) is 11.8 Å². The Morgan fingerprint density at radius 1 is 1.58 bits per heavy atom. The first-order valence-electron chi connectivity index (χ1n) is 3.69. The maximum absolute atomic E-state index is 5.88. The zero-order valence-electron chi connectivity index (χ0n) is 6.92. The molecule has 12 heavy (non-hydrogen) atoms. The summed E-state index contributed by atoms with van der Waals surface area (Å²) in [6.07, 6.45) is 7.29. The highest BCUT2D eigenvalue weighted by molar-refractivity contribution is 6.31. The minimum Gasteiger partial charge on any atom is -0.244 e. The maximum atomic E-state index is 5.88. The van der Waals surface area contributed by atoms with Crippen molar-refractivity contribution in [2.75, 3.05) is 0 Å². The molecule has 0 fully saturated rings. The number of hydrogen-bond donors (Lipinski definition) is 0. The van der Waals surface area contributed by atoms with E-state index in [0.29, 0.717) is 5.15 Å². The summed E-state index contributed by atoms with van der Waals surface area (Å²) in [5.41, 5.74) is 1.93. The highest BCUT2D eigenvalue weighted by Gasteiger charge is 2.00. The number of hydrogen-bond acceptors (Lipinski definition) is 1. The molecule has 1 aromatic rings. The topological polar surface area (TPSA) is 12.9 Å². The van der Waals surface area contributed by atoms with Gasteiger partial charge in [-0.3, -0.25) is 0 Å². The molecule has 0 amide bonds. The van der Waals surface area contributed by atoms with E-state index >= 15 is 0 Å². The van der Waals surface area contributed by atoms with E-state index in [4.69, 9.17) is 11.6 Å². The van der Waals surface area contributed by atoms with Gasteiger partial charge in [0.2, 0.25) is 0 Å². The minimum atomic E-state index is 0.519. The molecule has 1 rings (SSSR count). The summed E-state index contributed by atoms with van der Waals surface area (Å²) >= 11 is 5.88. The van der Waals surface area contributed by atoms with E-state index in [1.165, 1.54) is 0 Å². The predicted octanol–water partition coefficient (Wildman–Crippen LogP) is 3.41. The van der Waals surface area contributed by atoms with Gasteiger partial charge in [-0.05, 0) is 18.6 Å². The fourth-order valence-corrected chi connectivity index (χ4v) is 1.20. The summed E-state index contributed by atoms with van der Waals surface area (Å²) in [6, 6.07) is 1.88. The van der Waals surface area contributed by atoms with Crippen molar-refractivity contribution < 1.29 is 0 Å². The summed E-state index contributed by atoms with van der Waals surface area (Å²) in [4.78, 5) is 3.97. The van der Waals surface area contributed by atoms with Crippen LogP contribution in [-0.2, 0) is 0 Å². The number of allylic oxidation sites excluding steroid dienone is 1. The largest absolute Gasteiger partial charge is 0.244 e. The Labute approximate surface area is 77.4 Å². The number of pyridine rings is 1. The second-order valence-corrected chi connectivity index (χ2v) is 2.67. The molecule has 1 heterocycles. The van der Waals surface area contributed by atoms with Crippen LogP contribution in [0, 0.1) is 0 Å². The summed E-state index contributed by atoms with van der Waals surface area (Å²) in [7, 11) is 0. The first-order chi connectivity index (χ1) is 5.79. The molecule has 0 aromatic carbocycles. The van der Waals surface area contributed by atoms with Crippen molar-refractivity contribution in [2.45, 2.75) is 6.92 Å². The number of aromatic nitrogens is 1.